The standard InChI is InChI=1S/C22H21NO5S/c1-2-28-22(27)20-18(25)17-19(29-20)14-10-6-7-11-15(14)23(21(17)26)12-16(24)13-8-4-3-5-9-13/h3-5,8-9,25H,2,6-7,10-12H2,1H3. The van der Waals surface area contributed by atoms with Gasteiger partial charge in [0.25, 0.3) is 5.56 Å². The van der Waals surface area contributed by atoms with Crippen molar-refractivity contribution < 1.29 is 19.4 Å². The molecule has 0 amide bonds. The number of hydrogen-bond acceptors (Lipinski definition) is 6. The van der Waals surface area contributed by atoms with Crippen LogP contribution < -0.4 is 5.56 Å². The van der Waals surface area contributed by atoms with E-state index in [1.807, 2.05) is 6.07 Å². The quantitative estimate of drug-likeness (QED) is 0.511. The Morgan fingerprint density at radius 1 is 1.17 bits per heavy atom. The van der Waals surface area contributed by atoms with E-state index in [0.29, 0.717) is 16.7 Å². The van der Waals surface area contributed by atoms with E-state index in [1.54, 1.807) is 31.2 Å². The van der Waals surface area contributed by atoms with Gasteiger partial charge in [0.15, 0.2) is 16.4 Å². The van der Waals surface area contributed by atoms with Gasteiger partial charge in [-0.3, -0.25) is 9.59 Å². The van der Waals surface area contributed by atoms with Gasteiger partial charge in [-0.15, -0.1) is 11.3 Å². The second-order valence-corrected chi connectivity index (χ2v) is 8.04. The summed E-state index contributed by atoms with van der Waals surface area (Å²) in [7, 11) is 0. The number of rotatable bonds is 5. The van der Waals surface area contributed by atoms with Crippen molar-refractivity contribution in [3.8, 4) is 5.75 Å². The average molecular weight is 411 g/mol. The number of carbonyl (C=O) groups is 2. The lowest BCUT2D eigenvalue weighted by Crippen LogP contribution is -2.30. The lowest BCUT2D eigenvalue weighted by atomic mass is 9.94. The third kappa shape index (κ3) is 3.35. The molecule has 150 valence electrons. The van der Waals surface area contributed by atoms with Crippen LogP contribution in [0, 0.1) is 0 Å². The SMILES string of the molecule is CCOC(=O)c1sc2c3c(n(CC(=O)c4ccccc4)c(=O)c2c1O)CCCC3. The Balaban J connectivity index is 1.90. The van der Waals surface area contributed by atoms with Crippen molar-refractivity contribution >= 4 is 33.2 Å². The van der Waals surface area contributed by atoms with Crippen molar-refractivity contribution in [1.29, 1.82) is 0 Å². The largest absolute Gasteiger partial charge is 0.505 e. The molecule has 0 spiro atoms. The first kappa shape index (κ1) is 19.4. The fourth-order valence-electron chi connectivity index (χ4n) is 3.88. The van der Waals surface area contributed by atoms with Crippen LogP contribution in [0.1, 0.15) is 51.1 Å². The number of Topliss-reactive ketones (excluding diaryl/α,β-unsaturated/α-hetero) is 1. The van der Waals surface area contributed by atoms with Crippen LogP contribution in [0.3, 0.4) is 0 Å². The Morgan fingerprint density at radius 2 is 1.90 bits per heavy atom. The van der Waals surface area contributed by atoms with Gasteiger partial charge >= 0.3 is 5.97 Å². The van der Waals surface area contributed by atoms with Crippen molar-refractivity contribution in [3.63, 3.8) is 0 Å². The molecule has 0 radical (unpaired) electrons. The van der Waals surface area contributed by atoms with Gasteiger partial charge in [0, 0.05) is 16.0 Å². The molecule has 6 nitrogen and oxygen atoms in total. The minimum Gasteiger partial charge on any atom is -0.505 e. The number of carbonyl (C=O) groups excluding carboxylic acids is 2. The highest BCUT2D eigenvalue weighted by molar-refractivity contribution is 7.21. The number of fused-ring (bicyclic) bond motifs is 3. The van der Waals surface area contributed by atoms with E-state index < -0.39 is 11.5 Å². The predicted octanol–water partition coefficient (Wildman–Crippen LogP) is 3.71. The molecule has 2 heterocycles. The zero-order valence-electron chi connectivity index (χ0n) is 16.1. The molecule has 0 atom stereocenters. The molecule has 7 heteroatoms. The van der Waals surface area contributed by atoms with Gasteiger partial charge in [-0.05, 0) is 38.2 Å². The van der Waals surface area contributed by atoms with E-state index in [1.165, 1.54) is 4.57 Å². The minimum absolute atomic E-state index is 0.0406. The molecule has 3 aromatic rings. The van der Waals surface area contributed by atoms with Gasteiger partial charge in [0.2, 0.25) is 0 Å². The number of hydrogen-bond donors (Lipinski definition) is 1. The molecule has 29 heavy (non-hydrogen) atoms. The Morgan fingerprint density at radius 3 is 2.62 bits per heavy atom. The maximum atomic E-state index is 13.3. The lowest BCUT2D eigenvalue weighted by Gasteiger charge is -2.21. The molecule has 1 aliphatic rings. The molecular weight excluding hydrogens is 390 g/mol. The summed E-state index contributed by atoms with van der Waals surface area (Å²) in [5.41, 5.74) is 1.87. The number of ether oxygens (including phenoxy) is 1. The van der Waals surface area contributed by atoms with Crippen LogP contribution in [-0.2, 0) is 24.1 Å². The normalized spacial score (nSPS) is 13.3. The summed E-state index contributed by atoms with van der Waals surface area (Å²) in [6.07, 6.45) is 3.32. The number of nitrogens with zero attached hydrogens (tertiary/aromatic N) is 1. The van der Waals surface area contributed by atoms with E-state index in [9.17, 15) is 19.5 Å². The molecule has 1 aliphatic carbocycles. The van der Waals surface area contributed by atoms with Crippen LogP contribution in [0.2, 0.25) is 0 Å². The van der Waals surface area contributed by atoms with Crippen molar-refractivity contribution in [1.82, 2.24) is 4.57 Å². The van der Waals surface area contributed by atoms with Gasteiger partial charge in [0.1, 0.15) is 5.39 Å². The maximum absolute atomic E-state index is 13.3. The summed E-state index contributed by atoms with van der Waals surface area (Å²) >= 11 is 1.10. The van der Waals surface area contributed by atoms with Gasteiger partial charge in [-0.25, -0.2) is 4.79 Å². The first-order valence-corrected chi connectivity index (χ1v) is 10.5. The third-order valence-electron chi connectivity index (χ3n) is 5.24. The van der Waals surface area contributed by atoms with Gasteiger partial charge < -0.3 is 14.4 Å². The van der Waals surface area contributed by atoms with E-state index in [2.05, 4.69) is 0 Å². The fraction of sp³-hybridized carbons (Fsp3) is 0.318. The number of aryl methyl sites for hydroxylation is 1. The van der Waals surface area contributed by atoms with Gasteiger partial charge in [0.05, 0.1) is 13.2 Å². The molecular formula is C22H21NO5S. The monoisotopic (exact) mass is 411 g/mol. The molecule has 4 rings (SSSR count). The van der Waals surface area contributed by atoms with Crippen LogP contribution in [0.25, 0.3) is 10.1 Å². The highest BCUT2D eigenvalue weighted by atomic mass is 32.1. The van der Waals surface area contributed by atoms with E-state index in [0.717, 1.165) is 41.9 Å². The first-order valence-electron chi connectivity index (χ1n) is 9.68. The smallest absolute Gasteiger partial charge is 0.352 e. The van der Waals surface area contributed by atoms with E-state index in [4.69, 9.17) is 4.74 Å². The molecule has 0 unspecified atom stereocenters. The number of pyridine rings is 1. The minimum atomic E-state index is -0.637. The van der Waals surface area contributed by atoms with Crippen LogP contribution in [0.15, 0.2) is 35.1 Å². The zero-order chi connectivity index (χ0) is 20.5. The molecule has 0 fully saturated rings. The Bertz CT molecular complexity index is 1160. The zero-order valence-corrected chi connectivity index (χ0v) is 16.9. The highest BCUT2D eigenvalue weighted by Gasteiger charge is 2.28. The van der Waals surface area contributed by atoms with Crippen LogP contribution in [0.4, 0.5) is 0 Å². The molecule has 1 N–H and O–H groups in total. The fourth-order valence-corrected chi connectivity index (χ4v) is 5.06. The maximum Gasteiger partial charge on any atom is 0.352 e. The number of aromatic hydroxyl groups is 1. The Hall–Kier alpha value is -2.93. The summed E-state index contributed by atoms with van der Waals surface area (Å²) in [4.78, 5) is 38.3. The summed E-state index contributed by atoms with van der Waals surface area (Å²) in [5.74, 6) is -1.15. The Kier molecular flexibility index (Phi) is 5.24. The Labute approximate surface area is 171 Å². The average Bonchev–Trinajstić information content (AvgIpc) is 3.09. The van der Waals surface area contributed by atoms with Gasteiger partial charge in [-0.2, -0.15) is 0 Å². The summed E-state index contributed by atoms with van der Waals surface area (Å²) in [6, 6.07) is 8.84. The van der Waals surface area contributed by atoms with Crippen molar-refractivity contribution in [2.24, 2.45) is 0 Å². The molecule has 2 aromatic heterocycles. The molecule has 0 saturated heterocycles. The van der Waals surface area contributed by atoms with Gasteiger partial charge in [-0.1, -0.05) is 30.3 Å². The van der Waals surface area contributed by atoms with Crippen LogP contribution in [0.5, 0.6) is 5.75 Å². The number of esters is 1. The molecule has 0 saturated carbocycles. The second-order valence-electron chi connectivity index (χ2n) is 7.02. The molecule has 0 bridgehead atoms. The van der Waals surface area contributed by atoms with Crippen molar-refractivity contribution in [2.45, 2.75) is 39.2 Å². The van der Waals surface area contributed by atoms with Crippen molar-refractivity contribution in [3.05, 3.63) is 62.4 Å². The molecule has 0 aliphatic heterocycles. The summed E-state index contributed by atoms with van der Waals surface area (Å²) in [6.45, 7) is 1.78. The molecule has 1 aromatic carbocycles. The van der Waals surface area contributed by atoms with Crippen LogP contribution in [-0.4, -0.2) is 28.0 Å². The predicted molar refractivity (Wildman–Crippen MR) is 111 cm³/mol. The second kappa shape index (κ2) is 7.83. The van der Waals surface area contributed by atoms with Crippen molar-refractivity contribution in [2.75, 3.05) is 6.61 Å². The lowest BCUT2D eigenvalue weighted by molar-refractivity contribution is 0.0529. The topological polar surface area (TPSA) is 85.6 Å². The van der Waals surface area contributed by atoms with E-state index >= 15 is 0 Å². The number of aromatic nitrogens is 1. The van der Waals surface area contributed by atoms with Crippen LogP contribution >= 0.6 is 11.3 Å². The highest BCUT2D eigenvalue weighted by Crippen LogP contribution is 2.40. The first-order chi connectivity index (χ1) is 14.0. The third-order valence-corrected chi connectivity index (χ3v) is 6.46. The number of ketones is 1. The number of thiophene rings is 1. The van der Waals surface area contributed by atoms with E-state index in [-0.39, 0.29) is 34.9 Å². The number of benzene rings is 1. The summed E-state index contributed by atoms with van der Waals surface area (Å²) in [5, 5.41) is 10.8. The summed E-state index contributed by atoms with van der Waals surface area (Å²) < 4.78 is 7.14.